The van der Waals surface area contributed by atoms with Gasteiger partial charge >= 0.3 is 0 Å². The molecule has 3 nitrogen and oxygen atoms in total. The van der Waals surface area contributed by atoms with Crippen molar-refractivity contribution in [1.82, 2.24) is 10.2 Å². The van der Waals surface area contributed by atoms with E-state index in [4.69, 9.17) is 11.6 Å². The fourth-order valence-corrected chi connectivity index (χ4v) is 2.88. The molecule has 0 saturated heterocycles. The summed E-state index contributed by atoms with van der Waals surface area (Å²) in [4.78, 5) is 0. The highest BCUT2D eigenvalue weighted by Gasteiger charge is 2.03. The van der Waals surface area contributed by atoms with Crippen LogP contribution in [0.25, 0.3) is 0 Å². The van der Waals surface area contributed by atoms with Gasteiger partial charge in [0.2, 0.25) is 5.13 Å². The average molecular weight is 272 g/mol. The number of nitrogens with zero attached hydrogens (tertiary/aromatic N) is 2. The smallest absolute Gasteiger partial charge is 0.206 e. The van der Waals surface area contributed by atoms with E-state index in [0.717, 1.165) is 20.2 Å². The summed E-state index contributed by atoms with van der Waals surface area (Å²) in [6, 6.07) is 7.85. The minimum absolute atomic E-state index is 0.766. The van der Waals surface area contributed by atoms with Crippen LogP contribution in [0.5, 0.6) is 0 Å². The summed E-state index contributed by atoms with van der Waals surface area (Å²) in [5.41, 5.74) is 1.23. The minimum atomic E-state index is 0.766. The summed E-state index contributed by atoms with van der Waals surface area (Å²) >= 11 is 9.05. The largest absolute Gasteiger partial charge is 0.363 e. The zero-order valence-corrected chi connectivity index (χ0v) is 11.0. The highest BCUT2D eigenvalue weighted by molar-refractivity contribution is 8.00. The van der Waals surface area contributed by atoms with Gasteiger partial charge in [0.05, 0.1) is 0 Å². The molecule has 16 heavy (non-hydrogen) atoms. The molecule has 0 aliphatic heterocycles. The topological polar surface area (TPSA) is 37.8 Å². The van der Waals surface area contributed by atoms with Gasteiger partial charge in [0.15, 0.2) is 4.34 Å². The number of rotatable bonds is 4. The quantitative estimate of drug-likeness (QED) is 0.864. The van der Waals surface area contributed by atoms with Gasteiger partial charge in [-0.1, -0.05) is 46.8 Å². The van der Waals surface area contributed by atoms with E-state index >= 15 is 0 Å². The molecule has 0 aliphatic rings. The Morgan fingerprint density at radius 2 is 2.06 bits per heavy atom. The number of aromatic nitrogens is 2. The minimum Gasteiger partial charge on any atom is -0.363 e. The molecule has 0 bridgehead atoms. The highest BCUT2D eigenvalue weighted by atomic mass is 35.5. The molecule has 0 atom stereocenters. The van der Waals surface area contributed by atoms with Gasteiger partial charge in [-0.25, -0.2) is 0 Å². The third kappa shape index (κ3) is 3.10. The van der Waals surface area contributed by atoms with Crippen LogP contribution in [-0.4, -0.2) is 17.2 Å². The number of hydrogen-bond donors (Lipinski definition) is 1. The van der Waals surface area contributed by atoms with Crippen molar-refractivity contribution >= 4 is 39.8 Å². The van der Waals surface area contributed by atoms with E-state index in [2.05, 4.69) is 15.5 Å². The lowest BCUT2D eigenvalue weighted by molar-refractivity contribution is 1.01. The van der Waals surface area contributed by atoms with Gasteiger partial charge in [0.25, 0.3) is 0 Å². The summed E-state index contributed by atoms with van der Waals surface area (Å²) in [6.45, 7) is 0. The SMILES string of the molecule is CNc1nnc(SCc2ccc(Cl)cc2)s1. The first kappa shape index (κ1) is 11.7. The molecule has 0 spiro atoms. The normalized spacial score (nSPS) is 10.4. The Kier molecular flexibility index (Phi) is 4.04. The van der Waals surface area contributed by atoms with E-state index in [9.17, 15) is 0 Å². The Morgan fingerprint density at radius 3 is 2.69 bits per heavy atom. The van der Waals surface area contributed by atoms with Crippen LogP contribution >= 0.6 is 34.7 Å². The van der Waals surface area contributed by atoms with Gasteiger partial charge < -0.3 is 5.32 Å². The van der Waals surface area contributed by atoms with Crippen molar-refractivity contribution in [3.8, 4) is 0 Å². The van der Waals surface area contributed by atoms with Crippen molar-refractivity contribution in [1.29, 1.82) is 0 Å². The summed E-state index contributed by atoms with van der Waals surface area (Å²) < 4.78 is 0.972. The van der Waals surface area contributed by atoms with Crippen molar-refractivity contribution in [2.75, 3.05) is 12.4 Å². The number of halogens is 1. The Bertz CT molecular complexity index is 455. The fourth-order valence-electron chi connectivity index (χ4n) is 1.09. The molecule has 0 fully saturated rings. The van der Waals surface area contributed by atoms with Crippen LogP contribution in [-0.2, 0) is 5.75 Å². The number of hydrogen-bond acceptors (Lipinski definition) is 5. The monoisotopic (exact) mass is 271 g/mol. The first-order valence-corrected chi connectivity index (χ1v) is 6.84. The molecule has 2 aromatic rings. The lowest BCUT2D eigenvalue weighted by Crippen LogP contribution is -1.84. The second kappa shape index (κ2) is 5.52. The Hall–Kier alpha value is -0.780. The fraction of sp³-hybridized carbons (Fsp3) is 0.200. The maximum absolute atomic E-state index is 5.82. The van der Waals surface area contributed by atoms with E-state index in [1.54, 1.807) is 23.1 Å². The van der Waals surface area contributed by atoms with Crippen LogP contribution in [0.2, 0.25) is 5.02 Å². The first-order valence-electron chi connectivity index (χ1n) is 4.66. The number of benzene rings is 1. The molecule has 1 heterocycles. The van der Waals surface area contributed by atoms with E-state index in [1.807, 2.05) is 31.3 Å². The van der Waals surface area contributed by atoms with Gasteiger partial charge in [-0.15, -0.1) is 10.2 Å². The number of nitrogens with one attached hydrogen (secondary N) is 1. The summed E-state index contributed by atoms with van der Waals surface area (Å²) in [6.07, 6.45) is 0. The Morgan fingerprint density at radius 1 is 1.31 bits per heavy atom. The maximum atomic E-state index is 5.82. The van der Waals surface area contributed by atoms with Gasteiger partial charge in [0.1, 0.15) is 0 Å². The van der Waals surface area contributed by atoms with Crippen molar-refractivity contribution < 1.29 is 0 Å². The number of thioether (sulfide) groups is 1. The maximum Gasteiger partial charge on any atom is 0.206 e. The van der Waals surface area contributed by atoms with E-state index in [1.165, 1.54) is 5.56 Å². The summed E-state index contributed by atoms with van der Waals surface area (Å²) in [7, 11) is 1.84. The van der Waals surface area contributed by atoms with Gasteiger partial charge in [-0.2, -0.15) is 0 Å². The van der Waals surface area contributed by atoms with Crippen LogP contribution in [0.15, 0.2) is 28.6 Å². The zero-order valence-electron chi connectivity index (χ0n) is 8.61. The van der Waals surface area contributed by atoms with Crippen LogP contribution in [0.3, 0.4) is 0 Å². The molecule has 0 unspecified atom stereocenters. The van der Waals surface area contributed by atoms with Crippen molar-refractivity contribution in [3.05, 3.63) is 34.9 Å². The lowest BCUT2D eigenvalue weighted by atomic mass is 10.2. The molecule has 84 valence electrons. The molecule has 0 aliphatic carbocycles. The van der Waals surface area contributed by atoms with Gasteiger partial charge in [-0.05, 0) is 17.7 Å². The lowest BCUT2D eigenvalue weighted by Gasteiger charge is -1.98. The standard InChI is InChI=1S/C10H10ClN3S2/c1-12-9-13-14-10(16-9)15-6-7-2-4-8(11)5-3-7/h2-5H,6H2,1H3,(H,12,13). The second-order valence-corrected chi connectivity index (χ2v) is 5.67. The first-order chi connectivity index (χ1) is 7.78. The van der Waals surface area contributed by atoms with Crippen LogP contribution in [0.1, 0.15) is 5.56 Å². The van der Waals surface area contributed by atoms with Crippen molar-refractivity contribution in [3.63, 3.8) is 0 Å². The summed E-state index contributed by atoms with van der Waals surface area (Å²) in [5, 5.41) is 12.6. The Labute approximate surface area is 107 Å². The third-order valence-corrected chi connectivity index (χ3v) is 4.29. The summed E-state index contributed by atoms with van der Waals surface area (Å²) in [5.74, 6) is 0.884. The van der Waals surface area contributed by atoms with Crippen molar-refractivity contribution in [2.24, 2.45) is 0 Å². The van der Waals surface area contributed by atoms with E-state index in [-0.39, 0.29) is 0 Å². The predicted molar refractivity (Wildman–Crippen MR) is 70.5 cm³/mol. The molecule has 1 aromatic heterocycles. The molecular weight excluding hydrogens is 262 g/mol. The third-order valence-electron chi connectivity index (χ3n) is 1.90. The molecule has 0 saturated carbocycles. The van der Waals surface area contributed by atoms with Crippen LogP contribution in [0, 0.1) is 0 Å². The average Bonchev–Trinajstić information content (AvgIpc) is 2.76. The van der Waals surface area contributed by atoms with E-state index in [0.29, 0.717) is 0 Å². The van der Waals surface area contributed by atoms with Crippen molar-refractivity contribution in [2.45, 2.75) is 10.1 Å². The molecule has 6 heteroatoms. The molecule has 1 N–H and O–H groups in total. The predicted octanol–water partition coefficient (Wildman–Crippen LogP) is 3.53. The molecule has 0 amide bonds. The van der Waals surface area contributed by atoms with Crippen LogP contribution in [0.4, 0.5) is 5.13 Å². The zero-order chi connectivity index (χ0) is 11.4. The molecule has 2 rings (SSSR count). The molecule has 0 radical (unpaired) electrons. The second-order valence-electron chi connectivity index (χ2n) is 3.04. The van der Waals surface area contributed by atoms with Gasteiger partial charge in [-0.3, -0.25) is 0 Å². The highest BCUT2D eigenvalue weighted by Crippen LogP contribution is 2.28. The van der Waals surface area contributed by atoms with Crippen LogP contribution < -0.4 is 5.32 Å². The molecular formula is C10H10ClN3S2. The van der Waals surface area contributed by atoms with E-state index < -0.39 is 0 Å². The number of anilines is 1. The van der Waals surface area contributed by atoms with Gasteiger partial charge in [0, 0.05) is 17.8 Å². The molecule has 1 aromatic carbocycles. The Balaban J connectivity index is 1.94.